The molecule has 0 aliphatic carbocycles. The van der Waals surface area contributed by atoms with Crippen LogP contribution in [0.3, 0.4) is 0 Å². The lowest BCUT2D eigenvalue weighted by atomic mass is 10.2. The van der Waals surface area contributed by atoms with Gasteiger partial charge in [-0.2, -0.15) is 0 Å². The van der Waals surface area contributed by atoms with Crippen LogP contribution < -0.4 is 4.74 Å². The van der Waals surface area contributed by atoms with Gasteiger partial charge in [-0.1, -0.05) is 6.07 Å². The topological polar surface area (TPSA) is 29.9 Å². The molecule has 3 nitrogen and oxygen atoms in total. The molecule has 6 heteroatoms. The molecule has 0 fully saturated rings. The third kappa shape index (κ3) is 1.89. The molecule has 102 valence electrons. The standard InChI is InChI=1S/C14H10F2N2OS/c1-19-8-5-6-11-12(7-8)18(14(20)17-11)13-9(15)3-2-4-10(13)16/h2-7H,1H3,(H,17,20). The zero-order chi connectivity index (χ0) is 14.3. The van der Waals surface area contributed by atoms with E-state index in [1.807, 2.05) is 0 Å². The van der Waals surface area contributed by atoms with E-state index in [0.29, 0.717) is 16.8 Å². The van der Waals surface area contributed by atoms with E-state index in [4.69, 9.17) is 17.0 Å². The van der Waals surface area contributed by atoms with E-state index in [1.54, 1.807) is 18.2 Å². The van der Waals surface area contributed by atoms with Crippen molar-refractivity contribution in [1.29, 1.82) is 0 Å². The monoisotopic (exact) mass is 292 g/mol. The quantitative estimate of drug-likeness (QED) is 0.724. The number of aromatic nitrogens is 2. The molecule has 20 heavy (non-hydrogen) atoms. The van der Waals surface area contributed by atoms with Gasteiger partial charge in [-0.25, -0.2) is 8.78 Å². The van der Waals surface area contributed by atoms with Crippen LogP contribution in [0.2, 0.25) is 0 Å². The molecule has 3 aromatic rings. The third-order valence-corrected chi connectivity index (χ3v) is 3.34. The molecule has 1 aromatic heterocycles. The van der Waals surface area contributed by atoms with Gasteiger partial charge in [0.25, 0.3) is 0 Å². The van der Waals surface area contributed by atoms with Gasteiger partial charge in [0.1, 0.15) is 23.1 Å². The van der Waals surface area contributed by atoms with E-state index in [1.165, 1.54) is 29.9 Å². The summed E-state index contributed by atoms with van der Waals surface area (Å²) in [6, 6.07) is 8.87. The first-order chi connectivity index (χ1) is 9.61. The summed E-state index contributed by atoms with van der Waals surface area (Å²) in [7, 11) is 1.52. The molecule has 0 atom stereocenters. The molecule has 0 unspecified atom stereocenters. The predicted octanol–water partition coefficient (Wildman–Crippen LogP) is 3.97. The highest BCUT2D eigenvalue weighted by molar-refractivity contribution is 7.71. The lowest BCUT2D eigenvalue weighted by Crippen LogP contribution is -2.01. The summed E-state index contributed by atoms with van der Waals surface area (Å²) < 4.78 is 34.6. The molecule has 0 radical (unpaired) electrons. The Morgan fingerprint density at radius 1 is 1.15 bits per heavy atom. The molecule has 1 N–H and O–H groups in total. The second-order valence-corrected chi connectivity index (χ2v) is 4.61. The van der Waals surface area contributed by atoms with Gasteiger partial charge in [0.2, 0.25) is 0 Å². The van der Waals surface area contributed by atoms with E-state index >= 15 is 0 Å². The molecule has 0 amide bonds. The highest BCUT2D eigenvalue weighted by atomic mass is 32.1. The Morgan fingerprint density at radius 2 is 1.85 bits per heavy atom. The summed E-state index contributed by atoms with van der Waals surface area (Å²) >= 11 is 5.17. The number of hydrogen-bond donors (Lipinski definition) is 1. The van der Waals surface area contributed by atoms with Crippen LogP contribution in [0.4, 0.5) is 8.78 Å². The van der Waals surface area contributed by atoms with Gasteiger partial charge in [0.15, 0.2) is 4.77 Å². The van der Waals surface area contributed by atoms with Gasteiger partial charge in [-0.05, 0) is 36.5 Å². The molecule has 0 saturated heterocycles. The second-order valence-electron chi connectivity index (χ2n) is 4.22. The third-order valence-electron chi connectivity index (χ3n) is 3.05. The fraction of sp³-hybridized carbons (Fsp3) is 0.0714. The Bertz CT molecular complexity index is 834. The molecule has 1 heterocycles. The number of halogens is 2. The van der Waals surface area contributed by atoms with Crippen LogP contribution in [0.15, 0.2) is 36.4 Å². The molecule has 0 spiro atoms. The van der Waals surface area contributed by atoms with Crippen molar-refractivity contribution < 1.29 is 13.5 Å². The van der Waals surface area contributed by atoms with E-state index in [2.05, 4.69) is 4.98 Å². The van der Waals surface area contributed by atoms with Crippen molar-refractivity contribution in [2.75, 3.05) is 7.11 Å². The molecule has 0 aliphatic heterocycles. The smallest absolute Gasteiger partial charge is 0.182 e. The summed E-state index contributed by atoms with van der Waals surface area (Å²) in [5.74, 6) is -0.772. The molecule has 3 rings (SSSR count). The second kappa shape index (κ2) is 4.72. The number of para-hydroxylation sites is 1. The number of fused-ring (bicyclic) bond motifs is 1. The fourth-order valence-electron chi connectivity index (χ4n) is 2.13. The largest absolute Gasteiger partial charge is 0.497 e. The van der Waals surface area contributed by atoms with E-state index < -0.39 is 11.6 Å². The van der Waals surface area contributed by atoms with Gasteiger partial charge in [0.05, 0.1) is 18.1 Å². The van der Waals surface area contributed by atoms with Crippen molar-refractivity contribution >= 4 is 23.3 Å². The Balaban J connectivity index is 2.41. The van der Waals surface area contributed by atoms with Crippen LogP contribution in [0.5, 0.6) is 5.75 Å². The number of benzene rings is 2. The fourth-order valence-corrected chi connectivity index (χ4v) is 2.43. The number of aromatic amines is 1. The summed E-state index contributed by atoms with van der Waals surface area (Å²) in [4.78, 5) is 2.92. The number of ether oxygens (including phenoxy) is 1. The molecule has 0 bridgehead atoms. The van der Waals surface area contributed by atoms with Crippen molar-refractivity contribution in [2.45, 2.75) is 0 Å². The number of imidazole rings is 1. The summed E-state index contributed by atoms with van der Waals surface area (Å²) in [5, 5.41) is 0. The number of H-pyrrole nitrogens is 1. The SMILES string of the molecule is COc1ccc2[nH]c(=S)n(-c3c(F)cccc3F)c2c1. The van der Waals surface area contributed by atoms with E-state index in [9.17, 15) is 8.78 Å². The molecule has 0 saturated carbocycles. The van der Waals surface area contributed by atoms with Gasteiger partial charge in [-0.3, -0.25) is 4.57 Å². The highest BCUT2D eigenvalue weighted by Gasteiger charge is 2.15. The molecule has 0 aliphatic rings. The average molecular weight is 292 g/mol. The van der Waals surface area contributed by atoms with E-state index in [0.717, 1.165) is 0 Å². The number of methoxy groups -OCH3 is 1. The van der Waals surface area contributed by atoms with Crippen molar-refractivity contribution in [1.82, 2.24) is 9.55 Å². The van der Waals surface area contributed by atoms with Crippen LogP contribution in [0.1, 0.15) is 0 Å². The molecule has 2 aromatic carbocycles. The molecular weight excluding hydrogens is 282 g/mol. The Hall–Kier alpha value is -2.21. The maximum atomic E-state index is 14.0. The number of nitrogens with zero attached hydrogens (tertiary/aromatic N) is 1. The van der Waals surface area contributed by atoms with Crippen molar-refractivity contribution in [3.8, 4) is 11.4 Å². The van der Waals surface area contributed by atoms with Crippen molar-refractivity contribution in [3.63, 3.8) is 0 Å². The Labute approximate surface area is 118 Å². The first-order valence-corrected chi connectivity index (χ1v) is 6.26. The maximum absolute atomic E-state index is 14.0. The van der Waals surface area contributed by atoms with Crippen LogP contribution in [-0.4, -0.2) is 16.7 Å². The van der Waals surface area contributed by atoms with Gasteiger partial charge in [0, 0.05) is 6.07 Å². The Kier molecular flexibility index (Phi) is 3.02. The zero-order valence-electron chi connectivity index (χ0n) is 10.5. The van der Waals surface area contributed by atoms with Crippen LogP contribution in [-0.2, 0) is 0 Å². The average Bonchev–Trinajstić information content (AvgIpc) is 2.74. The van der Waals surface area contributed by atoms with Crippen LogP contribution in [0, 0.1) is 16.4 Å². The van der Waals surface area contributed by atoms with Gasteiger partial charge < -0.3 is 9.72 Å². The number of hydrogen-bond acceptors (Lipinski definition) is 2. The zero-order valence-corrected chi connectivity index (χ0v) is 11.3. The van der Waals surface area contributed by atoms with Crippen molar-refractivity contribution in [3.05, 3.63) is 52.8 Å². The van der Waals surface area contributed by atoms with Gasteiger partial charge in [-0.15, -0.1) is 0 Å². The Morgan fingerprint density at radius 3 is 2.50 bits per heavy atom. The van der Waals surface area contributed by atoms with Crippen LogP contribution >= 0.6 is 12.2 Å². The minimum atomic E-state index is -0.676. The number of rotatable bonds is 2. The highest BCUT2D eigenvalue weighted by Crippen LogP contribution is 2.26. The van der Waals surface area contributed by atoms with E-state index in [-0.39, 0.29) is 10.5 Å². The van der Waals surface area contributed by atoms with Crippen molar-refractivity contribution in [2.24, 2.45) is 0 Å². The summed E-state index contributed by atoms with van der Waals surface area (Å²) in [6.45, 7) is 0. The lowest BCUT2D eigenvalue weighted by Gasteiger charge is -2.08. The molecular formula is C14H10F2N2OS. The van der Waals surface area contributed by atoms with Crippen LogP contribution in [0.25, 0.3) is 16.7 Å². The first-order valence-electron chi connectivity index (χ1n) is 5.85. The maximum Gasteiger partial charge on any atom is 0.182 e. The summed E-state index contributed by atoms with van der Waals surface area (Å²) in [6.07, 6.45) is 0. The number of nitrogens with one attached hydrogen (secondary N) is 1. The minimum absolute atomic E-state index is 0.197. The first kappa shape index (κ1) is 12.8. The summed E-state index contributed by atoms with van der Waals surface area (Å²) in [5.41, 5.74) is 1.04. The van der Waals surface area contributed by atoms with Gasteiger partial charge >= 0.3 is 0 Å². The minimum Gasteiger partial charge on any atom is -0.497 e. The predicted molar refractivity (Wildman–Crippen MR) is 74.9 cm³/mol. The lowest BCUT2D eigenvalue weighted by molar-refractivity contribution is 0.415. The normalized spacial score (nSPS) is 10.9.